The highest BCUT2D eigenvalue weighted by atomic mass is 79.9. The number of hydrogen-bond acceptors (Lipinski definition) is 2. The number of nitriles is 1. The summed E-state index contributed by atoms with van der Waals surface area (Å²) < 4.78 is 0.646. The summed E-state index contributed by atoms with van der Waals surface area (Å²) >= 11 is 8.71. The highest BCUT2D eigenvalue weighted by molar-refractivity contribution is 9.10. The van der Waals surface area contributed by atoms with E-state index in [1.807, 2.05) is 6.07 Å². The number of hydrogen-bond donors (Lipinski definition) is 0. The van der Waals surface area contributed by atoms with Crippen molar-refractivity contribution < 1.29 is 0 Å². The number of rotatable bonds is 0. The molecule has 1 heterocycles. The molecular weight excluding hydrogens is 215 g/mol. The molecule has 1 aromatic heterocycles. The summed E-state index contributed by atoms with van der Waals surface area (Å²) in [5.41, 5.74) is 0.497. The third kappa shape index (κ3) is 1.47. The van der Waals surface area contributed by atoms with Crippen molar-refractivity contribution in [3.05, 3.63) is 27.5 Å². The van der Waals surface area contributed by atoms with Crippen LogP contribution in [0.1, 0.15) is 5.56 Å². The fourth-order valence-electron chi connectivity index (χ4n) is 0.482. The zero-order chi connectivity index (χ0) is 7.56. The molecule has 0 aromatic carbocycles. The Morgan fingerprint density at radius 3 is 2.90 bits per heavy atom. The number of pyridine rings is 1. The maximum absolute atomic E-state index is 8.40. The molecule has 0 amide bonds. The smallest absolute Gasteiger partial charge is 0.143 e. The van der Waals surface area contributed by atoms with Crippen LogP contribution in [0.4, 0.5) is 0 Å². The lowest BCUT2D eigenvalue weighted by molar-refractivity contribution is 1.28. The van der Waals surface area contributed by atoms with Crippen molar-refractivity contribution in [1.29, 1.82) is 5.26 Å². The Morgan fingerprint density at radius 2 is 2.40 bits per heavy atom. The van der Waals surface area contributed by atoms with Gasteiger partial charge < -0.3 is 0 Å². The highest BCUT2D eigenvalue weighted by Crippen LogP contribution is 2.19. The van der Waals surface area contributed by atoms with Crippen molar-refractivity contribution in [1.82, 2.24) is 4.98 Å². The molecule has 0 aliphatic rings. The second-order valence-electron chi connectivity index (χ2n) is 1.61. The Bertz CT molecular complexity index is 292. The van der Waals surface area contributed by atoms with Crippen LogP contribution in [0.5, 0.6) is 0 Å². The molecular formula is C6H2BrClN2. The van der Waals surface area contributed by atoms with Crippen molar-refractivity contribution in [3.8, 4) is 6.07 Å². The van der Waals surface area contributed by atoms with Crippen LogP contribution in [-0.4, -0.2) is 4.98 Å². The Balaban J connectivity index is 3.20. The molecule has 1 rings (SSSR count). The number of nitrogens with zero attached hydrogens (tertiary/aromatic N) is 2. The second-order valence-corrected chi connectivity index (χ2v) is 2.82. The largest absolute Gasteiger partial charge is 0.242 e. The standard InChI is InChI=1S/C6H2BrClN2/c7-5-1-4(2-9)3-10-6(5)8/h1,3H. The topological polar surface area (TPSA) is 36.7 Å². The maximum Gasteiger partial charge on any atom is 0.143 e. The third-order valence-corrected chi connectivity index (χ3v) is 2.06. The van der Waals surface area contributed by atoms with E-state index in [4.69, 9.17) is 16.9 Å². The van der Waals surface area contributed by atoms with Crippen LogP contribution in [0, 0.1) is 11.3 Å². The molecule has 4 heteroatoms. The average Bonchev–Trinajstić information content (AvgIpc) is 1.95. The van der Waals surface area contributed by atoms with Gasteiger partial charge in [-0.25, -0.2) is 4.98 Å². The predicted octanol–water partition coefficient (Wildman–Crippen LogP) is 2.37. The van der Waals surface area contributed by atoms with Gasteiger partial charge in [-0.1, -0.05) is 11.6 Å². The summed E-state index contributed by atoms with van der Waals surface area (Å²) in [6.45, 7) is 0. The normalized spacial score (nSPS) is 8.90. The Labute approximate surface area is 71.6 Å². The van der Waals surface area contributed by atoms with E-state index in [-0.39, 0.29) is 0 Å². The van der Waals surface area contributed by atoms with Gasteiger partial charge in [-0.3, -0.25) is 0 Å². The zero-order valence-corrected chi connectivity index (χ0v) is 7.15. The number of aromatic nitrogens is 1. The summed E-state index contributed by atoms with van der Waals surface area (Å²) in [6, 6.07) is 3.56. The first-order valence-electron chi connectivity index (χ1n) is 2.45. The van der Waals surface area contributed by atoms with Gasteiger partial charge in [-0.15, -0.1) is 0 Å². The zero-order valence-electron chi connectivity index (χ0n) is 4.81. The molecule has 0 aliphatic heterocycles. The van der Waals surface area contributed by atoms with Crippen LogP contribution in [0.3, 0.4) is 0 Å². The summed E-state index contributed by atoms with van der Waals surface area (Å²) in [7, 11) is 0. The van der Waals surface area contributed by atoms with Gasteiger partial charge in [-0.05, 0) is 22.0 Å². The van der Waals surface area contributed by atoms with E-state index in [2.05, 4.69) is 20.9 Å². The Hall–Kier alpha value is -0.590. The monoisotopic (exact) mass is 216 g/mol. The molecule has 1 aromatic rings. The molecule has 0 saturated carbocycles. The third-order valence-electron chi connectivity index (χ3n) is 0.925. The van der Waals surface area contributed by atoms with Crippen molar-refractivity contribution in [3.63, 3.8) is 0 Å². The van der Waals surface area contributed by atoms with Crippen LogP contribution in [0.2, 0.25) is 5.15 Å². The van der Waals surface area contributed by atoms with Crippen LogP contribution in [0.15, 0.2) is 16.7 Å². The minimum absolute atomic E-state index is 0.374. The van der Waals surface area contributed by atoms with Gasteiger partial charge in [0.05, 0.1) is 10.0 Å². The lowest BCUT2D eigenvalue weighted by Gasteiger charge is -1.92. The van der Waals surface area contributed by atoms with Crippen molar-refractivity contribution in [2.75, 3.05) is 0 Å². The van der Waals surface area contributed by atoms with Crippen molar-refractivity contribution >= 4 is 27.5 Å². The highest BCUT2D eigenvalue weighted by Gasteiger charge is 1.97. The molecule has 10 heavy (non-hydrogen) atoms. The van der Waals surface area contributed by atoms with Crippen LogP contribution < -0.4 is 0 Å². The van der Waals surface area contributed by atoms with E-state index in [0.29, 0.717) is 15.2 Å². The molecule has 0 unspecified atom stereocenters. The van der Waals surface area contributed by atoms with Crippen LogP contribution >= 0.6 is 27.5 Å². The van der Waals surface area contributed by atoms with E-state index in [1.165, 1.54) is 6.20 Å². The van der Waals surface area contributed by atoms with Gasteiger partial charge in [0, 0.05) is 6.20 Å². The summed E-state index contributed by atoms with van der Waals surface area (Å²) in [5, 5.41) is 8.77. The average molecular weight is 217 g/mol. The van der Waals surface area contributed by atoms with Crippen molar-refractivity contribution in [2.45, 2.75) is 0 Å². The van der Waals surface area contributed by atoms with Crippen LogP contribution in [0.25, 0.3) is 0 Å². The van der Waals surface area contributed by atoms with Gasteiger partial charge in [0.15, 0.2) is 0 Å². The van der Waals surface area contributed by atoms with E-state index in [0.717, 1.165) is 0 Å². The molecule has 2 nitrogen and oxygen atoms in total. The first kappa shape index (κ1) is 7.52. The number of halogens is 2. The predicted molar refractivity (Wildman–Crippen MR) is 41.7 cm³/mol. The van der Waals surface area contributed by atoms with E-state index in [1.54, 1.807) is 6.07 Å². The first-order valence-corrected chi connectivity index (χ1v) is 3.62. The summed E-state index contributed by atoms with van der Waals surface area (Å²) in [6.07, 6.45) is 1.42. The van der Waals surface area contributed by atoms with E-state index < -0.39 is 0 Å². The molecule has 0 radical (unpaired) electrons. The molecule has 0 saturated heterocycles. The van der Waals surface area contributed by atoms with Gasteiger partial charge in [-0.2, -0.15) is 5.26 Å². The summed E-state index contributed by atoms with van der Waals surface area (Å²) in [4.78, 5) is 3.75. The van der Waals surface area contributed by atoms with E-state index in [9.17, 15) is 0 Å². The van der Waals surface area contributed by atoms with Gasteiger partial charge in [0.1, 0.15) is 11.2 Å². The second kappa shape index (κ2) is 3.00. The molecule has 0 aliphatic carbocycles. The molecule has 0 N–H and O–H groups in total. The molecule has 50 valence electrons. The minimum Gasteiger partial charge on any atom is -0.242 e. The summed E-state index contributed by atoms with van der Waals surface area (Å²) in [5.74, 6) is 0. The maximum atomic E-state index is 8.40. The Morgan fingerprint density at radius 1 is 1.70 bits per heavy atom. The molecule has 0 spiro atoms. The Kier molecular flexibility index (Phi) is 2.25. The quantitative estimate of drug-likeness (QED) is 0.626. The fourth-order valence-corrected chi connectivity index (χ4v) is 0.935. The lowest BCUT2D eigenvalue weighted by Crippen LogP contribution is -1.79. The van der Waals surface area contributed by atoms with Crippen LogP contribution in [-0.2, 0) is 0 Å². The molecule has 0 bridgehead atoms. The minimum atomic E-state index is 0.374. The lowest BCUT2D eigenvalue weighted by atomic mass is 10.3. The van der Waals surface area contributed by atoms with E-state index >= 15 is 0 Å². The SMILES string of the molecule is N#Cc1cnc(Cl)c(Br)c1. The molecule has 0 atom stereocenters. The molecule has 0 fully saturated rings. The fraction of sp³-hybridized carbons (Fsp3) is 0. The van der Waals surface area contributed by atoms with Gasteiger partial charge in [0.25, 0.3) is 0 Å². The van der Waals surface area contributed by atoms with Crippen molar-refractivity contribution in [2.24, 2.45) is 0 Å². The van der Waals surface area contributed by atoms with Gasteiger partial charge >= 0.3 is 0 Å². The first-order chi connectivity index (χ1) is 4.74. The van der Waals surface area contributed by atoms with Gasteiger partial charge in [0.2, 0.25) is 0 Å².